The number of aliphatic hydroxyl groups is 1. The van der Waals surface area contributed by atoms with Gasteiger partial charge in [0.1, 0.15) is 0 Å². The van der Waals surface area contributed by atoms with Crippen molar-refractivity contribution in [3.05, 3.63) is 52.8 Å². The Morgan fingerprint density at radius 1 is 1.24 bits per heavy atom. The van der Waals surface area contributed by atoms with Crippen molar-refractivity contribution < 1.29 is 9.90 Å². The highest BCUT2D eigenvalue weighted by Gasteiger charge is 2.14. The van der Waals surface area contributed by atoms with Crippen molar-refractivity contribution in [2.24, 2.45) is 0 Å². The number of hydrogen-bond acceptors (Lipinski definition) is 4. The third-order valence-corrected chi connectivity index (χ3v) is 4.28. The van der Waals surface area contributed by atoms with Crippen LogP contribution in [0, 0.1) is 0 Å². The lowest BCUT2D eigenvalue weighted by atomic mass is 10.0. The van der Waals surface area contributed by atoms with Gasteiger partial charge in [-0.2, -0.15) is 0 Å². The smallest absolute Gasteiger partial charge is 0.253 e. The Morgan fingerprint density at radius 2 is 1.92 bits per heavy atom. The zero-order chi connectivity index (χ0) is 18.4. The second kappa shape index (κ2) is 9.36. The van der Waals surface area contributed by atoms with Gasteiger partial charge in [0.25, 0.3) is 5.91 Å². The van der Waals surface area contributed by atoms with Crippen LogP contribution < -0.4 is 10.6 Å². The van der Waals surface area contributed by atoms with E-state index in [-0.39, 0.29) is 6.54 Å². The van der Waals surface area contributed by atoms with Crippen molar-refractivity contribution in [1.29, 1.82) is 0 Å². The molecule has 1 atom stereocenters. The number of pyridine rings is 1. The van der Waals surface area contributed by atoms with Crippen molar-refractivity contribution in [1.82, 2.24) is 15.6 Å². The van der Waals surface area contributed by atoms with E-state index < -0.39 is 16.8 Å². The summed E-state index contributed by atoms with van der Waals surface area (Å²) in [4.78, 5) is 14.5. The second-order valence-corrected chi connectivity index (χ2v) is 6.87. The van der Waals surface area contributed by atoms with Crippen molar-refractivity contribution >= 4 is 40.7 Å². The van der Waals surface area contributed by atoms with Crippen LogP contribution >= 0.6 is 34.8 Å². The lowest BCUT2D eigenvalue weighted by molar-refractivity contribution is -0.119. The summed E-state index contributed by atoms with van der Waals surface area (Å²) in [5.74, 6) is -0.540. The lowest BCUT2D eigenvalue weighted by Gasteiger charge is -2.13. The number of nitrogens with zero attached hydrogens (tertiary/aromatic N) is 1. The summed E-state index contributed by atoms with van der Waals surface area (Å²) in [6.45, 7) is 0.627. The highest BCUT2D eigenvalue weighted by Crippen LogP contribution is 2.25. The monoisotopic (exact) mass is 401 g/mol. The summed E-state index contributed by atoms with van der Waals surface area (Å²) < 4.78 is 0. The molecule has 5 nitrogen and oxygen atoms in total. The van der Waals surface area contributed by atoms with E-state index in [0.29, 0.717) is 17.1 Å². The molecule has 0 saturated heterocycles. The number of aromatic nitrogens is 1. The molecule has 0 radical (unpaired) electrons. The zero-order valence-corrected chi connectivity index (χ0v) is 15.7. The molecule has 8 heteroatoms. The summed E-state index contributed by atoms with van der Waals surface area (Å²) >= 11 is 17.1. The van der Waals surface area contributed by atoms with Gasteiger partial charge in [0.2, 0.25) is 0 Å². The predicted octanol–water partition coefficient (Wildman–Crippen LogP) is 3.07. The summed E-state index contributed by atoms with van der Waals surface area (Å²) in [6, 6.07) is 9.13. The van der Waals surface area contributed by atoms with Crippen molar-refractivity contribution in [2.75, 3.05) is 13.6 Å². The fraction of sp³-hybridized carbons (Fsp3) is 0.294. The molecule has 0 bridgehead atoms. The maximum absolute atomic E-state index is 11.3. The van der Waals surface area contributed by atoms with E-state index in [1.54, 1.807) is 18.3 Å². The molecule has 0 aliphatic rings. The van der Waals surface area contributed by atoms with Gasteiger partial charge in [0.15, 0.2) is 4.84 Å². The van der Waals surface area contributed by atoms with E-state index >= 15 is 0 Å². The molecule has 1 aromatic carbocycles. The molecule has 1 amide bonds. The Bertz CT molecular complexity index is 724. The number of carbonyl (C=O) groups excluding carboxylic acids is 1. The first-order valence-corrected chi connectivity index (χ1v) is 8.80. The number of aliphatic hydroxyl groups excluding tert-OH is 1. The number of halogens is 3. The minimum atomic E-state index is -1.15. The number of amides is 1. The van der Waals surface area contributed by atoms with Gasteiger partial charge in [-0.1, -0.05) is 59.1 Å². The molecule has 0 aliphatic heterocycles. The SMILES string of the molecule is CNCc1ncc(-c2ccc(C(O)CNC(=O)C(Cl)Cl)cc2)cc1Cl. The molecular formula is C17H18Cl3N3O2. The molecule has 25 heavy (non-hydrogen) atoms. The van der Waals surface area contributed by atoms with Gasteiger partial charge in [-0.15, -0.1) is 0 Å². The van der Waals surface area contributed by atoms with Crippen LogP contribution in [0.2, 0.25) is 5.02 Å². The van der Waals surface area contributed by atoms with E-state index in [2.05, 4.69) is 15.6 Å². The van der Waals surface area contributed by atoms with Gasteiger partial charge < -0.3 is 15.7 Å². The molecular weight excluding hydrogens is 385 g/mol. The third kappa shape index (κ3) is 5.56. The Hall–Kier alpha value is -1.37. The Kier molecular flexibility index (Phi) is 7.47. The molecule has 2 aromatic rings. The molecule has 0 saturated carbocycles. The highest BCUT2D eigenvalue weighted by molar-refractivity contribution is 6.53. The number of rotatable bonds is 7. The van der Waals surface area contributed by atoms with E-state index in [9.17, 15) is 9.90 Å². The predicted molar refractivity (Wildman–Crippen MR) is 101 cm³/mol. The average Bonchev–Trinajstić information content (AvgIpc) is 2.61. The molecule has 1 unspecified atom stereocenters. The number of hydrogen-bond donors (Lipinski definition) is 3. The third-order valence-electron chi connectivity index (χ3n) is 3.56. The van der Waals surface area contributed by atoms with Crippen LogP contribution in [0.5, 0.6) is 0 Å². The van der Waals surface area contributed by atoms with Crippen LogP contribution in [0.3, 0.4) is 0 Å². The van der Waals surface area contributed by atoms with Crippen LogP contribution in [-0.2, 0) is 11.3 Å². The Labute approximate surface area is 161 Å². The second-order valence-electron chi connectivity index (χ2n) is 5.37. The van der Waals surface area contributed by atoms with Crippen molar-refractivity contribution in [3.63, 3.8) is 0 Å². The quantitative estimate of drug-likeness (QED) is 0.622. The molecule has 3 N–H and O–H groups in total. The molecule has 134 valence electrons. The van der Waals surface area contributed by atoms with Gasteiger partial charge in [-0.05, 0) is 24.2 Å². The molecule has 0 aliphatic carbocycles. The molecule has 1 aromatic heterocycles. The number of carbonyl (C=O) groups is 1. The standard InChI is InChI=1S/C17H18Cl3N3O2/c1-21-8-14-13(18)6-12(7-22-14)10-2-4-11(5-3-10)15(24)9-23-17(25)16(19)20/h2-7,15-16,21,24H,8-9H2,1H3,(H,23,25). The molecule has 0 spiro atoms. The van der Waals surface area contributed by atoms with Gasteiger partial charge in [-0.3, -0.25) is 9.78 Å². The lowest BCUT2D eigenvalue weighted by Crippen LogP contribution is -2.32. The number of benzene rings is 1. The van der Waals surface area contributed by atoms with E-state index in [4.69, 9.17) is 34.8 Å². The van der Waals surface area contributed by atoms with Crippen LogP contribution in [0.15, 0.2) is 36.5 Å². The molecule has 2 rings (SSSR count). The average molecular weight is 403 g/mol. The summed E-state index contributed by atoms with van der Waals surface area (Å²) in [5, 5.41) is 16.2. The van der Waals surface area contributed by atoms with E-state index in [0.717, 1.165) is 16.8 Å². The van der Waals surface area contributed by atoms with Gasteiger partial charge >= 0.3 is 0 Å². The van der Waals surface area contributed by atoms with Crippen LogP contribution in [0.1, 0.15) is 17.4 Å². The first-order chi connectivity index (χ1) is 11.9. The van der Waals surface area contributed by atoms with Crippen LogP contribution in [-0.4, -0.2) is 34.4 Å². The zero-order valence-electron chi connectivity index (χ0n) is 13.5. The minimum absolute atomic E-state index is 0.0280. The molecule has 1 heterocycles. The fourth-order valence-electron chi connectivity index (χ4n) is 2.21. The minimum Gasteiger partial charge on any atom is -0.387 e. The van der Waals surface area contributed by atoms with E-state index in [1.807, 2.05) is 25.2 Å². The highest BCUT2D eigenvalue weighted by atomic mass is 35.5. The largest absolute Gasteiger partial charge is 0.387 e. The van der Waals surface area contributed by atoms with Crippen LogP contribution in [0.25, 0.3) is 11.1 Å². The van der Waals surface area contributed by atoms with Crippen LogP contribution in [0.4, 0.5) is 0 Å². The first kappa shape index (κ1) is 19.9. The summed E-state index contributed by atoms with van der Waals surface area (Å²) in [6.07, 6.45) is 0.899. The Morgan fingerprint density at radius 3 is 2.48 bits per heavy atom. The van der Waals surface area contributed by atoms with Gasteiger partial charge in [0.05, 0.1) is 16.8 Å². The maximum atomic E-state index is 11.3. The van der Waals surface area contributed by atoms with Crippen molar-refractivity contribution in [3.8, 4) is 11.1 Å². The fourth-order valence-corrected chi connectivity index (χ4v) is 2.60. The summed E-state index contributed by atoms with van der Waals surface area (Å²) in [5.41, 5.74) is 3.25. The Balaban J connectivity index is 2.06. The first-order valence-electron chi connectivity index (χ1n) is 7.55. The van der Waals surface area contributed by atoms with Crippen molar-refractivity contribution in [2.45, 2.75) is 17.5 Å². The summed E-state index contributed by atoms with van der Waals surface area (Å²) in [7, 11) is 1.83. The maximum Gasteiger partial charge on any atom is 0.253 e. The number of alkyl halides is 2. The number of nitrogens with one attached hydrogen (secondary N) is 2. The van der Waals surface area contributed by atoms with Gasteiger partial charge in [0, 0.05) is 24.8 Å². The topological polar surface area (TPSA) is 74.2 Å². The van der Waals surface area contributed by atoms with E-state index in [1.165, 1.54) is 0 Å². The molecule has 0 fully saturated rings. The normalized spacial score (nSPS) is 12.2. The van der Waals surface area contributed by atoms with Gasteiger partial charge in [-0.25, -0.2) is 0 Å².